The predicted octanol–water partition coefficient (Wildman–Crippen LogP) is 0.608. The molecule has 4 nitrogen and oxygen atoms in total. The molecule has 1 aliphatic rings. The molecule has 4 heteroatoms. The van der Waals surface area contributed by atoms with Crippen LogP contribution in [0.3, 0.4) is 0 Å². The summed E-state index contributed by atoms with van der Waals surface area (Å²) in [6.07, 6.45) is 4.55. The van der Waals surface area contributed by atoms with Crippen LogP contribution >= 0.6 is 0 Å². The fourth-order valence-corrected chi connectivity index (χ4v) is 1.03. The van der Waals surface area contributed by atoms with Crippen molar-refractivity contribution < 1.29 is 9.53 Å². The van der Waals surface area contributed by atoms with E-state index < -0.39 is 0 Å². The Bertz CT molecular complexity index is 180. The lowest BCUT2D eigenvalue weighted by Crippen LogP contribution is -2.46. The van der Waals surface area contributed by atoms with Crippen LogP contribution in [0, 0.1) is 0 Å². The number of carbonyl (C=O) groups excluding carboxylic acids is 1. The normalized spacial score (nSPS) is 21.9. The summed E-state index contributed by atoms with van der Waals surface area (Å²) >= 11 is 0. The van der Waals surface area contributed by atoms with E-state index in [2.05, 4.69) is 10.6 Å². The quantitative estimate of drug-likeness (QED) is 0.597. The third-order valence-corrected chi connectivity index (χ3v) is 1.59. The Labute approximate surface area is 72.0 Å². The first-order valence-electron chi connectivity index (χ1n) is 4.14. The van der Waals surface area contributed by atoms with Gasteiger partial charge in [0.1, 0.15) is 0 Å². The van der Waals surface area contributed by atoms with E-state index in [1.165, 1.54) is 0 Å². The van der Waals surface area contributed by atoms with Gasteiger partial charge in [-0.2, -0.15) is 0 Å². The number of carbonyl (C=O) groups is 1. The van der Waals surface area contributed by atoms with Gasteiger partial charge in [-0.15, -0.1) is 0 Å². The minimum absolute atomic E-state index is 0.0223. The van der Waals surface area contributed by atoms with Crippen molar-refractivity contribution in [2.24, 2.45) is 0 Å². The maximum Gasteiger partial charge on any atom is 0.408 e. The second kappa shape index (κ2) is 4.77. The van der Waals surface area contributed by atoms with E-state index in [-0.39, 0.29) is 12.3 Å². The molecule has 0 fully saturated rings. The highest BCUT2D eigenvalue weighted by Gasteiger charge is 2.11. The number of hydrogen-bond donors (Lipinski definition) is 2. The van der Waals surface area contributed by atoms with Gasteiger partial charge < -0.3 is 10.1 Å². The fraction of sp³-hybridized carbons (Fsp3) is 0.625. The molecule has 1 atom stereocenters. The fourth-order valence-electron chi connectivity index (χ4n) is 1.03. The van der Waals surface area contributed by atoms with Gasteiger partial charge in [0.2, 0.25) is 0 Å². The molecular weight excluding hydrogens is 156 g/mol. The van der Waals surface area contributed by atoms with Crippen LogP contribution in [-0.2, 0) is 4.74 Å². The van der Waals surface area contributed by atoms with E-state index in [9.17, 15) is 4.79 Å². The highest BCUT2D eigenvalue weighted by Crippen LogP contribution is 1.95. The second-order valence-corrected chi connectivity index (χ2v) is 2.53. The third-order valence-electron chi connectivity index (χ3n) is 1.59. The van der Waals surface area contributed by atoms with E-state index in [1.807, 2.05) is 12.2 Å². The van der Waals surface area contributed by atoms with E-state index in [1.54, 1.807) is 6.92 Å². The highest BCUT2D eigenvalue weighted by atomic mass is 16.5. The number of alkyl carbamates (subject to hydrolysis) is 1. The zero-order valence-electron chi connectivity index (χ0n) is 7.17. The standard InChI is InChI=1S/C8H14N2O2/c1-2-12-8(11)10-7-5-3-4-6-9-7/h3-4,7,9H,2,5-6H2,1H3,(H,10,11). The van der Waals surface area contributed by atoms with Crippen LogP contribution in [0.25, 0.3) is 0 Å². The summed E-state index contributed by atoms with van der Waals surface area (Å²) in [6.45, 7) is 3.00. The maximum atomic E-state index is 10.9. The molecule has 0 saturated heterocycles. The van der Waals surface area contributed by atoms with Gasteiger partial charge in [-0.3, -0.25) is 5.32 Å². The van der Waals surface area contributed by atoms with E-state index in [0.717, 1.165) is 13.0 Å². The molecule has 2 N–H and O–H groups in total. The van der Waals surface area contributed by atoms with Crippen LogP contribution in [0.2, 0.25) is 0 Å². The van der Waals surface area contributed by atoms with Crippen LogP contribution in [0.1, 0.15) is 13.3 Å². The van der Waals surface area contributed by atoms with Crippen LogP contribution < -0.4 is 10.6 Å². The molecule has 0 aromatic heterocycles. The molecular formula is C8H14N2O2. The lowest BCUT2D eigenvalue weighted by atomic mass is 10.2. The first kappa shape index (κ1) is 9.06. The molecule has 1 unspecified atom stereocenters. The van der Waals surface area contributed by atoms with Gasteiger partial charge in [-0.25, -0.2) is 4.79 Å². The molecule has 0 saturated carbocycles. The van der Waals surface area contributed by atoms with E-state index in [0.29, 0.717) is 6.61 Å². The summed E-state index contributed by atoms with van der Waals surface area (Å²) in [6, 6.07) is 0. The first-order chi connectivity index (χ1) is 5.83. The Kier molecular flexibility index (Phi) is 3.60. The van der Waals surface area contributed by atoms with Crippen molar-refractivity contribution in [3.8, 4) is 0 Å². The first-order valence-corrected chi connectivity index (χ1v) is 4.14. The Morgan fingerprint density at radius 1 is 1.75 bits per heavy atom. The van der Waals surface area contributed by atoms with Gasteiger partial charge in [0.05, 0.1) is 12.8 Å². The van der Waals surface area contributed by atoms with Crippen LogP contribution in [0.5, 0.6) is 0 Å². The van der Waals surface area contributed by atoms with Crippen molar-refractivity contribution in [2.75, 3.05) is 13.2 Å². The third kappa shape index (κ3) is 2.92. The number of hydrogen-bond acceptors (Lipinski definition) is 3. The van der Waals surface area contributed by atoms with Crippen LogP contribution in [0.15, 0.2) is 12.2 Å². The number of ether oxygens (including phenoxy) is 1. The van der Waals surface area contributed by atoms with Crippen molar-refractivity contribution in [3.05, 3.63) is 12.2 Å². The summed E-state index contributed by atoms with van der Waals surface area (Å²) in [4.78, 5) is 10.9. The summed E-state index contributed by atoms with van der Waals surface area (Å²) in [5.41, 5.74) is 0. The molecule has 0 spiro atoms. The van der Waals surface area contributed by atoms with Crippen molar-refractivity contribution in [1.82, 2.24) is 10.6 Å². The molecule has 1 rings (SSSR count). The van der Waals surface area contributed by atoms with Gasteiger partial charge in [0, 0.05) is 6.54 Å². The van der Waals surface area contributed by atoms with Crippen LogP contribution in [0.4, 0.5) is 4.79 Å². The van der Waals surface area contributed by atoms with Gasteiger partial charge in [-0.05, 0) is 13.3 Å². The van der Waals surface area contributed by atoms with Crippen molar-refractivity contribution in [3.63, 3.8) is 0 Å². The molecule has 0 aliphatic carbocycles. The van der Waals surface area contributed by atoms with Gasteiger partial charge in [0.25, 0.3) is 0 Å². The van der Waals surface area contributed by atoms with E-state index >= 15 is 0 Å². The molecule has 0 aromatic carbocycles. The summed E-state index contributed by atoms with van der Waals surface area (Å²) in [7, 11) is 0. The Morgan fingerprint density at radius 3 is 3.17 bits per heavy atom. The molecule has 0 radical (unpaired) electrons. The molecule has 12 heavy (non-hydrogen) atoms. The monoisotopic (exact) mass is 170 g/mol. The lowest BCUT2D eigenvalue weighted by molar-refractivity contribution is 0.146. The molecule has 0 aromatic rings. The average molecular weight is 170 g/mol. The molecule has 1 amide bonds. The molecule has 1 aliphatic heterocycles. The van der Waals surface area contributed by atoms with Gasteiger partial charge in [0.15, 0.2) is 0 Å². The SMILES string of the molecule is CCOC(=O)NC1CC=CCN1. The number of nitrogens with one attached hydrogen (secondary N) is 2. The maximum absolute atomic E-state index is 10.9. The van der Waals surface area contributed by atoms with Gasteiger partial charge in [-0.1, -0.05) is 12.2 Å². The number of rotatable bonds is 2. The largest absolute Gasteiger partial charge is 0.450 e. The molecule has 0 bridgehead atoms. The summed E-state index contributed by atoms with van der Waals surface area (Å²) in [5, 5.41) is 5.81. The topological polar surface area (TPSA) is 50.4 Å². The second-order valence-electron chi connectivity index (χ2n) is 2.53. The minimum Gasteiger partial charge on any atom is -0.450 e. The summed E-state index contributed by atoms with van der Waals surface area (Å²) in [5.74, 6) is 0. The Morgan fingerprint density at radius 2 is 2.58 bits per heavy atom. The predicted molar refractivity (Wildman–Crippen MR) is 45.7 cm³/mol. The minimum atomic E-state index is -0.356. The zero-order chi connectivity index (χ0) is 8.81. The Hall–Kier alpha value is -1.03. The van der Waals surface area contributed by atoms with Crippen molar-refractivity contribution in [2.45, 2.75) is 19.5 Å². The zero-order valence-corrected chi connectivity index (χ0v) is 7.17. The molecule has 1 heterocycles. The van der Waals surface area contributed by atoms with Crippen molar-refractivity contribution in [1.29, 1.82) is 0 Å². The molecule has 68 valence electrons. The van der Waals surface area contributed by atoms with Crippen LogP contribution in [-0.4, -0.2) is 25.4 Å². The van der Waals surface area contributed by atoms with E-state index in [4.69, 9.17) is 4.74 Å². The average Bonchev–Trinajstić information content (AvgIpc) is 2.06. The highest BCUT2D eigenvalue weighted by molar-refractivity contribution is 5.67. The lowest BCUT2D eigenvalue weighted by Gasteiger charge is -2.20. The smallest absolute Gasteiger partial charge is 0.408 e. The van der Waals surface area contributed by atoms with Gasteiger partial charge >= 0.3 is 6.09 Å². The van der Waals surface area contributed by atoms with Crippen molar-refractivity contribution >= 4 is 6.09 Å². The number of amides is 1. The Balaban J connectivity index is 2.21. The summed E-state index contributed by atoms with van der Waals surface area (Å²) < 4.78 is 4.73.